The molecule has 0 aromatic heterocycles. The lowest BCUT2D eigenvalue weighted by Crippen LogP contribution is -2.01. The van der Waals surface area contributed by atoms with Gasteiger partial charge in [-0.25, -0.2) is 0 Å². The van der Waals surface area contributed by atoms with E-state index in [0.717, 1.165) is 17.0 Å². The van der Waals surface area contributed by atoms with Gasteiger partial charge in [-0.15, -0.1) is 0 Å². The second-order valence-electron chi connectivity index (χ2n) is 4.43. The Kier molecular flexibility index (Phi) is 4.77. The molecule has 0 aliphatic heterocycles. The molecule has 2 N–H and O–H groups in total. The van der Waals surface area contributed by atoms with Crippen LogP contribution in [-0.4, -0.2) is 26.4 Å². The van der Waals surface area contributed by atoms with Crippen LogP contribution in [0.5, 0.6) is 23.0 Å². The molecule has 0 aliphatic rings. The first kappa shape index (κ1) is 14.8. The highest BCUT2D eigenvalue weighted by atomic mass is 16.5. The van der Waals surface area contributed by atoms with Crippen LogP contribution in [0.3, 0.4) is 0 Å². The maximum Gasteiger partial charge on any atom is 0.160 e. The van der Waals surface area contributed by atoms with E-state index in [4.69, 9.17) is 14.2 Å². The van der Waals surface area contributed by atoms with E-state index in [-0.39, 0.29) is 5.75 Å². The molecule has 21 heavy (non-hydrogen) atoms. The van der Waals surface area contributed by atoms with Gasteiger partial charge in [0.2, 0.25) is 0 Å². The monoisotopic (exact) mass is 289 g/mol. The van der Waals surface area contributed by atoms with Gasteiger partial charge in [0.1, 0.15) is 11.5 Å². The van der Waals surface area contributed by atoms with E-state index in [1.54, 1.807) is 26.4 Å². The maximum absolute atomic E-state index is 9.76. The predicted molar refractivity (Wildman–Crippen MR) is 81.5 cm³/mol. The van der Waals surface area contributed by atoms with Gasteiger partial charge in [0.25, 0.3) is 0 Å². The zero-order chi connectivity index (χ0) is 15.2. The zero-order valence-corrected chi connectivity index (χ0v) is 12.3. The number of rotatable bonds is 6. The smallest absolute Gasteiger partial charge is 0.160 e. The molecular formula is C16H19NO4. The average Bonchev–Trinajstić information content (AvgIpc) is 2.52. The molecule has 0 radical (unpaired) electrons. The zero-order valence-electron chi connectivity index (χ0n) is 12.3. The molecule has 0 unspecified atom stereocenters. The Hall–Kier alpha value is -2.56. The molecule has 0 spiro atoms. The van der Waals surface area contributed by atoms with Crippen molar-refractivity contribution >= 4 is 5.69 Å². The molecule has 0 heterocycles. The summed E-state index contributed by atoms with van der Waals surface area (Å²) in [6, 6.07) is 10.9. The van der Waals surface area contributed by atoms with Crippen molar-refractivity contribution in [2.24, 2.45) is 0 Å². The summed E-state index contributed by atoms with van der Waals surface area (Å²) in [6.45, 7) is 0.556. The molecular weight excluding hydrogens is 270 g/mol. The Morgan fingerprint density at radius 2 is 1.67 bits per heavy atom. The van der Waals surface area contributed by atoms with Crippen molar-refractivity contribution < 1.29 is 19.3 Å². The Bertz CT molecular complexity index is 613. The molecule has 0 saturated heterocycles. The van der Waals surface area contributed by atoms with E-state index in [2.05, 4.69) is 5.32 Å². The summed E-state index contributed by atoms with van der Waals surface area (Å²) < 4.78 is 15.5. The van der Waals surface area contributed by atoms with E-state index in [0.29, 0.717) is 18.0 Å². The van der Waals surface area contributed by atoms with E-state index in [9.17, 15) is 5.11 Å². The number of ether oxygens (including phenoxy) is 3. The fourth-order valence-corrected chi connectivity index (χ4v) is 1.99. The number of aromatic hydroxyl groups is 1. The summed E-state index contributed by atoms with van der Waals surface area (Å²) in [4.78, 5) is 0. The topological polar surface area (TPSA) is 60.0 Å². The predicted octanol–water partition coefficient (Wildman–Crippen LogP) is 3.03. The molecule has 0 fully saturated rings. The van der Waals surface area contributed by atoms with Crippen LogP contribution in [0, 0.1) is 0 Å². The van der Waals surface area contributed by atoms with Gasteiger partial charge in [-0.1, -0.05) is 6.07 Å². The summed E-state index contributed by atoms with van der Waals surface area (Å²) in [7, 11) is 4.75. The summed E-state index contributed by atoms with van der Waals surface area (Å²) in [6.07, 6.45) is 0. The fraction of sp³-hybridized carbons (Fsp3) is 0.250. The standard InChI is InChI=1S/C16H19NO4/c1-19-12-5-6-13(16(9-12)21-3)17-10-11-4-7-15(20-2)14(18)8-11/h4-9,17-18H,10H2,1-3H3. The van der Waals surface area contributed by atoms with Crippen LogP contribution in [0.15, 0.2) is 36.4 Å². The molecule has 5 nitrogen and oxygen atoms in total. The van der Waals surface area contributed by atoms with Crippen LogP contribution in [0.2, 0.25) is 0 Å². The summed E-state index contributed by atoms with van der Waals surface area (Å²) in [5, 5.41) is 13.0. The first-order chi connectivity index (χ1) is 10.2. The van der Waals surface area contributed by atoms with Crippen molar-refractivity contribution in [2.75, 3.05) is 26.6 Å². The summed E-state index contributed by atoms with van der Waals surface area (Å²) in [5.41, 5.74) is 1.79. The van der Waals surface area contributed by atoms with Gasteiger partial charge in [-0.2, -0.15) is 0 Å². The lowest BCUT2D eigenvalue weighted by atomic mass is 10.2. The Balaban J connectivity index is 2.10. The Labute approximate surface area is 124 Å². The van der Waals surface area contributed by atoms with E-state index in [1.807, 2.05) is 24.3 Å². The van der Waals surface area contributed by atoms with Crippen molar-refractivity contribution in [1.82, 2.24) is 0 Å². The lowest BCUT2D eigenvalue weighted by Gasteiger charge is -2.13. The third-order valence-corrected chi connectivity index (χ3v) is 3.13. The third-order valence-electron chi connectivity index (χ3n) is 3.13. The number of nitrogens with one attached hydrogen (secondary N) is 1. The first-order valence-electron chi connectivity index (χ1n) is 6.49. The van der Waals surface area contributed by atoms with E-state index < -0.39 is 0 Å². The number of phenolic OH excluding ortho intramolecular Hbond substituents is 1. The molecule has 112 valence electrons. The van der Waals surface area contributed by atoms with Gasteiger partial charge in [0, 0.05) is 12.6 Å². The molecule has 2 aromatic carbocycles. The number of hydrogen-bond donors (Lipinski definition) is 2. The van der Waals surface area contributed by atoms with Crippen LogP contribution in [0.1, 0.15) is 5.56 Å². The van der Waals surface area contributed by atoms with Crippen molar-refractivity contribution in [2.45, 2.75) is 6.54 Å². The third kappa shape index (κ3) is 3.51. The molecule has 0 atom stereocenters. The van der Waals surface area contributed by atoms with Crippen LogP contribution in [0.25, 0.3) is 0 Å². The van der Waals surface area contributed by atoms with Crippen LogP contribution < -0.4 is 19.5 Å². The molecule has 0 aliphatic carbocycles. The Morgan fingerprint density at radius 3 is 2.29 bits per heavy atom. The van der Waals surface area contributed by atoms with Gasteiger partial charge in [0.15, 0.2) is 11.5 Å². The van der Waals surface area contributed by atoms with E-state index >= 15 is 0 Å². The quantitative estimate of drug-likeness (QED) is 0.856. The van der Waals surface area contributed by atoms with Crippen molar-refractivity contribution in [3.63, 3.8) is 0 Å². The number of hydrogen-bond acceptors (Lipinski definition) is 5. The summed E-state index contributed by atoms with van der Waals surface area (Å²) >= 11 is 0. The molecule has 5 heteroatoms. The van der Waals surface area contributed by atoms with Crippen LogP contribution in [-0.2, 0) is 6.54 Å². The number of methoxy groups -OCH3 is 3. The minimum Gasteiger partial charge on any atom is -0.504 e. The summed E-state index contributed by atoms with van der Waals surface area (Å²) in [5.74, 6) is 2.02. The van der Waals surface area contributed by atoms with Crippen LogP contribution >= 0.6 is 0 Å². The fourth-order valence-electron chi connectivity index (χ4n) is 1.99. The van der Waals surface area contributed by atoms with Gasteiger partial charge < -0.3 is 24.6 Å². The van der Waals surface area contributed by atoms with Gasteiger partial charge in [-0.3, -0.25) is 0 Å². The number of phenols is 1. The van der Waals surface area contributed by atoms with Gasteiger partial charge in [-0.05, 0) is 29.8 Å². The van der Waals surface area contributed by atoms with Crippen LogP contribution in [0.4, 0.5) is 5.69 Å². The lowest BCUT2D eigenvalue weighted by molar-refractivity contribution is 0.373. The number of benzene rings is 2. The molecule has 0 bridgehead atoms. The molecule has 2 aromatic rings. The van der Waals surface area contributed by atoms with Crippen molar-refractivity contribution in [3.8, 4) is 23.0 Å². The number of anilines is 1. The largest absolute Gasteiger partial charge is 0.504 e. The second kappa shape index (κ2) is 6.74. The van der Waals surface area contributed by atoms with Gasteiger partial charge >= 0.3 is 0 Å². The normalized spacial score (nSPS) is 10.0. The molecule has 2 rings (SSSR count). The first-order valence-corrected chi connectivity index (χ1v) is 6.49. The van der Waals surface area contributed by atoms with Crippen molar-refractivity contribution in [1.29, 1.82) is 0 Å². The minimum absolute atomic E-state index is 0.124. The highest BCUT2D eigenvalue weighted by molar-refractivity contribution is 5.59. The molecule has 0 amide bonds. The van der Waals surface area contributed by atoms with E-state index in [1.165, 1.54) is 7.11 Å². The highest BCUT2D eigenvalue weighted by Crippen LogP contribution is 2.30. The highest BCUT2D eigenvalue weighted by Gasteiger charge is 2.06. The SMILES string of the molecule is COc1ccc(NCc2ccc(OC)c(O)c2)c(OC)c1. The van der Waals surface area contributed by atoms with Crippen molar-refractivity contribution in [3.05, 3.63) is 42.0 Å². The Morgan fingerprint density at radius 1 is 0.905 bits per heavy atom. The van der Waals surface area contributed by atoms with Gasteiger partial charge in [0.05, 0.1) is 27.0 Å². The minimum atomic E-state index is 0.124. The average molecular weight is 289 g/mol. The maximum atomic E-state index is 9.76. The second-order valence-corrected chi connectivity index (χ2v) is 4.43. The molecule has 0 saturated carbocycles.